The maximum atomic E-state index is 13.3. The molecule has 0 spiro atoms. The Morgan fingerprint density at radius 1 is 1.40 bits per heavy atom. The Bertz CT molecular complexity index is 406. The zero-order chi connectivity index (χ0) is 14.8. The first-order valence-electron chi connectivity index (χ1n) is 6.92. The summed E-state index contributed by atoms with van der Waals surface area (Å²) in [7, 11) is 0. The fourth-order valence-electron chi connectivity index (χ4n) is 1.95. The van der Waals surface area contributed by atoms with Gasteiger partial charge in [-0.1, -0.05) is 25.5 Å². The van der Waals surface area contributed by atoms with Gasteiger partial charge in [-0.25, -0.2) is 4.39 Å². The van der Waals surface area contributed by atoms with Gasteiger partial charge in [0.15, 0.2) is 18.2 Å². The minimum atomic E-state index is -0.482. The molecule has 1 atom stereocenters. The molecule has 1 aromatic rings. The number of benzene rings is 1. The van der Waals surface area contributed by atoms with Crippen LogP contribution in [0.2, 0.25) is 0 Å². The molecular weight excluding hydrogens is 261 g/mol. The zero-order valence-electron chi connectivity index (χ0n) is 11.8. The van der Waals surface area contributed by atoms with Crippen LogP contribution in [0.5, 0.6) is 5.75 Å². The van der Waals surface area contributed by atoms with E-state index in [4.69, 9.17) is 9.84 Å². The summed E-state index contributed by atoms with van der Waals surface area (Å²) < 4.78 is 18.4. The molecule has 0 aromatic heterocycles. The number of halogens is 1. The number of hydrogen-bond acceptors (Lipinski definition) is 3. The van der Waals surface area contributed by atoms with Crippen LogP contribution in [0.15, 0.2) is 24.3 Å². The van der Waals surface area contributed by atoms with E-state index < -0.39 is 5.82 Å². The minimum absolute atomic E-state index is 0.0723. The average molecular weight is 283 g/mol. The van der Waals surface area contributed by atoms with E-state index >= 15 is 0 Å². The summed E-state index contributed by atoms with van der Waals surface area (Å²) in [6.07, 6.45) is 2.63. The second-order valence-electron chi connectivity index (χ2n) is 4.69. The van der Waals surface area contributed by atoms with E-state index in [0.717, 1.165) is 12.8 Å². The quantitative estimate of drug-likeness (QED) is 0.730. The molecule has 20 heavy (non-hydrogen) atoms. The molecule has 4 nitrogen and oxygen atoms in total. The van der Waals surface area contributed by atoms with Crippen molar-refractivity contribution in [1.82, 2.24) is 5.32 Å². The summed E-state index contributed by atoms with van der Waals surface area (Å²) >= 11 is 0. The van der Waals surface area contributed by atoms with E-state index in [2.05, 4.69) is 12.2 Å². The Morgan fingerprint density at radius 3 is 2.80 bits per heavy atom. The van der Waals surface area contributed by atoms with Crippen LogP contribution in [0.3, 0.4) is 0 Å². The van der Waals surface area contributed by atoms with Crippen molar-refractivity contribution in [3.8, 4) is 5.75 Å². The van der Waals surface area contributed by atoms with Gasteiger partial charge >= 0.3 is 0 Å². The van der Waals surface area contributed by atoms with E-state index in [1.165, 1.54) is 12.1 Å². The topological polar surface area (TPSA) is 58.6 Å². The lowest BCUT2D eigenvalue weighted by Gasteiger charge is -2.15. The molecule has 0 aliphatic heterocycles. The number of nitrogens with one attached hydrogen (secondary N) is 1. The summed E-state index contributed by atoms with van der Waals surface area (Å²) in [4.78, 5) is 11.6. The SMILES string of the molecule is CCCC(CCO)CNC(=O)COc1ccccc1F. The van der Waals surface area contributed by atoms with Gasteiger partial charge < -0.3 is 15.2 Å². The summed E-state index contributed by atoms with van der Waals surface area (Å²) in [5.74, 6) is -0.428. The second kappa shape index (κ2) is 9.31. The molecule has 5 heteroatoms. The number of aliphatic hydroxyl groups is 1. The highest BCUT2D eigenvalue weighted by atomic mass is 19.1. The molecule has 112 valence electrons. The van der Waals surface area contributed by atoms with E-state index in [1.807, 2.05) is 0 Å². The largest absolute Gasteiger partial charge is 0.481 e. The van der Waals surface area contributed by atoms with Crippen molar-refractivity contribution >= 4 is 5.91 Å². The number of para-hydroxylation sites is 1. The highest BCUT2D eigenvalue weighted by molar-refractivity contribution is 5.77. The fraction of sp³-hybridized carbons (Fsp3) is 0.533. The monoisotopic (exact) mass is 283 g/mol. The lowest BCUT2D eigenvalue weighted by Crippen LogP contribution is -2.33. The van der Waals surface area contributed by atoms with Crippen molar-refractivity contribution in [2.75, 3.05) is 19.8 Å². The Balaban J connectivity index is 2.31. The van der Waals surface area contributed by atoms with Crippen LogP contribution in [0.4, 0.5) is 4.39 Å². The maximum absolute atomic E-state index is 13.3. The van der Waals surface area contributed by atoms with Gasteiger partial charge in [-0.2, -0.15) is 0 Å². The Hall–Kier alpha value is -1.62. The van der Waals surface area contributed by atoms with Crippen molar-refractivity contribution < 1.29 is 19.0 Å². The van der Waals surface area contributed by atoms with Gasteiger partial charge in [0.05, 0.1) is 0 Å². The molecule has 0 radical (unpaired) electrons. The molecule has 0 saturated carbocycles. The molecule has 1 rings (SSSR count). The van der Waals surface area contributed by atoms with Crippen LogP contribution in [0, 0.1) is 11.7 Å². The van der Waals surface area contributed by atoms with Crippen molar-refractivity contribution in [3.05, 3.63) is 30.1 Å². The fourth-order valence-corrected chi connectivity index (χ4v) is 1.95. The van der Waals surface area contributed by atoms with Crippen LogP contribution in [0.1, 0.15) is 26.2 Å². The van der Waals surface area contributed by atoms with E-state index in [1.54, 1.807) is 12.1 Å². The number of rotatable bonds is 9. The van der Waals surface area contributed by atoms with Crippen molar-refractivity contribution in [1.29, 1.82) is 0 Å². The third-order valence-electron chi connectivity index (χ3n) is 3.02. The Morgan fingerprint density at radius 2 is 2.15 bits per heavy atom. The maximum Gasteiger partial charge on any atom is 0.257 e. The summed E-state index contributed by atoms with van der Waals surface area (Å²) in [5, 5.41) is 11.7. The molecule has 0 fully saturated rings. The second-order valence-corrected chi connectivity index (χ2v) is 4.69. The number of carbonyl (C=O) groups is 1. The third-order valence-corrected chi connectivity index (χ3v) is 3.02. The number of carbonyl (C=O) groups excluding carboxylic acids is 1. The van der Waals surface area contributed by atoms with Gasteiger partial charge in [0.2, 0.25) is 0 Å². The molecule has 2 N–H and O–H groups in total. The number of amides is 1. The van der Waals surface area contributed by atoms with Crippen molar-refractivity contribution in [2.45, 2.75) is 26.2 Å². The third kappa shape index (κ3) is 6.02. The summed E-state index contributed by atoms with van der Waals surface area (Å²) in [5.41, 5.74) is 0. The number of aliphatic hydroxyl groups excluding tert-OH is 1. The van der Waals surface area contributed by atoms with Gasteiger partial charge in [0.25, 0.3) is 5.91 Å². The number of ether oxygens (including phenoxy) is 1. The Kier molecular flexibility index (Phi) is 7.65. The average Bonchev–Trinajstić information content (AvgIpc) is 2.44. The molecule has 1 unspecified atom stereocenters. The predicted molar refractivity (Wildman–Crippen MR) is 75.0 cm³/mol. The molecular formula is C15H22FNO3. The molecule has 0 bridgehead atoms. The molecule has 0 heterocycles. The van der Waals surface area contributed by atoms with Gasteiger partial charge in [-0.3, -0.25) is 4.79 Å². The first-order valence-corrected chi connectivity index (χ1v) is 6.92. The molecule has 0 saturated heterocycles. The molecule has 1 aromatic carbocycles. The summed E-state index contributed by atoms with van der Waals surface area (Å²) in [6, 6.07) is 5.97. The van der Waals surface area contributed by atoms with Gasteiger partial charge in [0, 0.05) is 13.2 Å². The van der Waals surface area contributed by atoms with E-state index in [-0.39, 0.29) is 30.8 Å². The van der Waals surface area contributed by atoms with Crippen molar-refractivity contribution in [3.63, 3.8) is 0 Å². The zero-order valence-corrected chi connectivity index (χ0v) is 11.8. The van der Waals surface area contributed by atoms with Crippen LogP contribution in [0.25, 0.3) is 0 Å². The van der Waals surface area contributed by atoms with Crippen LogP contribution < -0.4 is 10.1 Å². The van der Waals surface area contributed by atoms with Gasteiger partial charge in [0.1, 0.15) is 0 Å². The minimum Gasteiger partial charge on any atom is -0.481 e. The van der Waals surface area contributed by atoms with Crippen LogP contribution in [-0.2, 0) is 4.79 Å². The molecule has 0 aliphatic rings. The van der Waals surface area contributed by atoms with Crippen LogP contribution >= 0.6 is 0 Å². The van der Waals surface area contributed by atoms with Crippen LogP contribution in [-0.4, -0.2) is 30.8 Å². The summed E-state index contributed by atoms with van der Waals surface area (Å²) in [6.45, 7) is 2.48. The smallest absolute Gasteiger partial charge is 0.257 e. The van der Waals surface area contributed by atoms with E-state index in [0.29, 0.717) is 13.0 Å². The number of hydrogen-bond donors (Lipinski definition) is 2. The highest BCUT2D eigenvalue weighted by Crippen LogP contribution is 2.15. The first kappa shape index (κ1) is 16.4. The first-order chi connectivity index (χ1) is 9.67. The predicted octanol–water partition coefficient (Wildman–Crippen LogP) is 2.12. The van der Waals surface area contributed by atoms with Gasteiger partial charge in [-0.15, -0.1) is 0 Å². The lowest BCUT2D eigenvalue weighted by molar-refractivity contribution is -0.123. The standard InChI is InChI=1S/C15H22FNO3/c1-2-5-12(8-9-18)10-17-15(19)11-20-14-7-4-3-6-13(14)16/h3-4,6-7,12,18H,2,5,8-11H2,1H3,(H,17,19). The van der Waals surface area contributed by atoms with E-state index in [9.17, 15) is 9.18 Å². The normalized spacial score (nSPS) is 11.9. The van der Waals surface area contributed by atoms with Crippen molar-refractivity contribution in [2.24, 2.45) is 5.92 Å². The van der Waals surface area contributed by atoms with Gasteiger partial charge in [-0.05, 0) is 30.9 Å². The molecule has 1 amide bonds. The highest BCUT2D eigenvalue weighted by Gasteiger charge is 2.10. The molecule has 0 aliphatic carbocycles. The Labute approximate surface area is 119 Å². The lowest BCUT2D eigenvalue weighted by atomic mass is 10.0.